The van der Waals surface area contributed by atoms with Crippen molar-refractivity contribution in [3.8, 4) is 11.1 Å². The van der Waals surface area contributed by atoms with Crippen LogP contribution in [0.15, 0.2) is 65.7 Å². The first-order valence-corrected chi connectivity index (χ1v) is 15.2. The maximum atomic E-state index is 14.0. The van der Waals surface area contributed by atoms with Crippen molar-refractivity contribution >= 4 is 33.2 Å². The van der Waals surface area contributed by atoms with E-state index < -0.39 is 27.8 Å². The minimum atomic E-state index is -4.31. The van der Waals surface area contributed by atoms with Gasteiger partial charge in [-0.05, 0) is 73.9 Å². The second kappa shape index (κ2) is 13.2. The molecule has 1 atom stereocenters. The molecular formula is C30H36FN5O4S. The molecule has 0 aliphatic carbocycles. The number of anilines is 2. The van der Waals surface area contributed by atoms with Crippen molar-refractivity contribution in [3.63, 3.8) is 0 Å². The third kappa shape index (κ3) is 7.89. The maximum absolute atomic E-state index is 14.0. The van der Waals surface area contributed by atoms with E-state index >= 15 is 0 Å². The fraction of sp³-hybridized carbons (Fsp3) is 0.367. The predicted molar refractivity (Wildman–Crippen MR) is 157 cm³/mol. The van der Waals surface area contributed by atoms with Crippen LogP contribution >= 0.6 is 0 Å². The molecule has 0 saturated carbocycles. The van der Waals surface area contributed by atoms with Gasteiger partial charge >= 0.3 is 0 Å². The lowest BCUT2D eigenvalue weighted by Crippen LogP contribution is -2.50. The number of aryl methyl sites for hydroxylation is 1. The number of amides is 2. The molecule has 9 nitrogen and oxygen atoms in total. The molecule has 4 N–H and O–H groups in total. The van der Waals surface area contributed by atoms with E-state index in [0.717, 1.165) is 18.5 Å². The minimum absolute atomic E-state index is 0.0159. The molecule has 41 heavy (non-hydrogen) atoms. The van der Waals surface area contributed by atoms with Gasteiger partial charge in [-0.2, -0.15) is 4.72 Å². The standard InChI is InChI=1S/C30H36FN5O4S/c1-20-14-16-36(17-15-20)30(38)27(10-4-8-25-13-12-24(32)19-33-25)35-41(39,40)28-11-5-9-26(29(28)34-21(2)37)22-6-3-7-23(31)18-22/h3,5-7,9,11-13,18-20,27,35H,4,8,10,14-17,32H2,1-2H3,(H,34,37)/t27-/m0/s1. The average molecular weight is 582 g/mol. The summed E-state index contributed by atoms with van der Waals surface area (Å²) in [7, 11) is -4.31. The number of piperidine rings is 1. The van der Waals surface area contributed by atoms with Gasteiger partial charge < -0.3 is 16.0 Å². The maximum Gasteiger partial charge on any atom is 0.243 e. The van der Waals surface area contributed by atoms with Gasteiger partial charge in [0.05, 0.1) is 17.6 Å². The second-order valence-corrected chi connectivity index (χ2v) is 12.2. The molecule has 218 valence electrons. The number of aromatic nitrogens is 1. The molecule has 1 aromatic heterocycles. The summed E-state index contributed by atoms with van der Waals surface area (Å²) in [5, 5.41) is 2.61. The van der Waals surface area contributed by atoms with Crippen LogP contribution in [0.2, 0.25) is 0 Å². The lowest BCUT2D eigenvalue weighted by molar-refractivity contribution is -0.134. The van der Waals surface area contributed by atoms with Gasteiger partial charge in [0, 0.05) is 31.3 Å². The summed E-state index contributed by atoms with van der Waals surface area (Å²) in [5.41, 5.74) is 7.81. The Morgan fingerprint density at radius 1 is 1.12 bits per heavy atom. The first-order chi connectivity index (χ1) is 19.5. The minimum Gasteiger partial charge on any atom is -0.397 e. The van der Waals surface area contributed by atoms with Crippen molar-refractivity contribution in [1.29, 1.82) is 0 Å². The number of pyridine rings is 1. The average Bonchev–Trinajstić information content (AvgIpc) is 2.93. The van der Waals surface area contributed by atoms with Gasteiger partial charge in [0.1, 0.15) is 16.8 Å². The predicted octanol–water partition coefficient (Wildman–Crippen LogP) is 4.36. The summed E-state index contributed by atoms with van der Waals surface area (Å²) in [6, 6.07) is 12.7. The highest BCUT2D eigenvalue weighted by Crippen LogP contribution is 2.34. The molecule has 3 aromatic rings. The molecule has 1 aliphatic rings. The van der Waals surface area contributed by atoms with E-state index in [1.807, 2.05) is 0 Å². The highest BCUT2D eigenvalue weighted by molar-refractivity contribution is 7.89. The monoisotopic (exact) mass is 581 g/mol. The van der Waals surface area contributed by atoms with Crippen LogP contribution in [0, 0.1) is 11.7 Å². The van der Waals surface area contributed by atoms with Gasteiger partial charge in [-0.3, -0.25) is 14.6 Å². The number of para-hydroxylation sites is 1. The summed E-state index contributed by atoms with van der Waals surface area (Å²) in [5.74, 6) is -0.777. The van der Waals surface area contributed by atoms with E-state index in [1.165, 1.54) is 37.3 Å². The highest BCUT2D eigenvalue weighted by Gasteiger charge is 2.32. The van der Waals surface area contributed by atoms with Gasteiger partial charge in [-0.1, -0.05) is 31.2 Å². The van der Waals surface area contributed by atoms with E-state index in [9.17, 15) is 22.4 Å². The van der Waals surface area contributed by atoms with Gasteiger partial charge in [-0.25, -0.2) is 12.8 Å². The van der Waals surface area contributed by atoms with Crippen molar-refractivity contribution in [2.45, 2.75) is 56.9 Å². The van der Waals surface area contributed by atoms with Crippen LogP contribution in [-0.4, -0.2) is 49.2 Å². The molecule has 1 aliphatic heterocycles. The lowest BCUT2D eigenvalue weighted by Gasteiger charge is -2.33. The Morgan fingerprint density at radius 2 is 1.85 bits per heavy atom. The van der Waals surface area contributed by atoms with Crippen molar-refractivity contribution in [3.05, 3.63) is 72.3 Å². The third-order valence-electron chi connectivity index (χ3n) is 7.22. The van der Waals surface area contributed by atoms with Crippen molar-refractivity contribution in [1.82, 2.24) is 14.6 Å². The van der Waals surface area contributed by atoms with Crippen LogP contribution in [0.25, 0.3) is 11.1 Å². The number of carbonyl (C=O) groups excluding carboxylic acids is 2. The second-order valence-electron chi connectivity index (χ2n) is 10.5. The van der Waals surface area contributed by atoms with E-state index in [-0.39, 0.29) is 22.9 Å². The fourth-order valence-electron chi connectivity index (χ4n) is 4.96. The number of nitrogens with one attached hydrogen (secondary N) is 2. The summed E-state index contributed by atoms with van der Waals surface area (Å²) < 4.78 is 44.4. The van der Waals surface area contributed by atoms with Crippen LogP contribution < -0.4 is 15.8 Å². The quantitative estimate of drug-likeness (QED) is 0.326. The Balaban J connectivity index is 1.64. The number of sulfonamides is 1. The van der Waals surface area contributed by atoms with E-state index in [1.54, 1.807) is 35.4 Å². The van der Waals surface area contributed by atoms with Crippen molar-refractivity contribution in [2.75, 3.05) is 24.1 Å². The SMILES string of the molecule is CC(=O)Nc1c(-c2cccc(F)c2)cccc1S(=O)(=O)N[C@@H](CCCc1ccc(N)cn1)C(=O)N1CCC(C)CC1. The Labute approximate surface area is 240 Å². The van der Waals surface area contributed by atoms with Gasteiger partial charge in [0.15, 0.2) is 0 Å². The molecule has 1 saturated heterocycles. The van der Waals surface area contributed by atoms with Crippen molar-refractivity contribution < 1.29 is 22.4 Å². The molecule has 2 heterocycles. The van der Waals surface area contributed by atoms with Crippen molar-refractivity contribution in [2.24, 2.45) is 5.92 Å². The molecule has 11 heteroatoms. The molecule has 0 radical (unpaired) electrons. The number of nitrogens with zero attached hydrogens (tertiary/aromatic N) is 2. The number of hydrogen-bond acceptors (Lipinski definition) is 6. The number of likely N-dealkylation sites (tertiary alicyclic amines) is 1. The van der Waals surface area contributed by atoms with Crippen LogP contribution in [0.1, 0.15) is 45.2 Å². The molecule has 2 aromatic carbocycles. The Hall–Kier alpha value is -3.83. The number of rotatable bonds is 10. The van der Waals surface area contributed by atoms with E-state index in [0.29, 0.717) is 48.7 Å². The largest absolute Gasteiger partial charge is 0.397 e. The Bertz CT molecular complexity index is 1490. The fourth-order valence-corrected chi connectivity index (χ4v) is 6.37. The molecule has 4 rings (SSSR count). The van der Waals surface area contributed by atoms with Gasteiger partial charge in [0.25, 0.3) is 0 Å². The van der Waals surface area contributed by atoms with Crippen LogP contribution in [0.5, 0.6) is 0 Å². The zero-order valence-electron chi connectivity index (χ0n) is 23.3. The molecule has 1 fully saturated rings. The molecule has 2 amide bonds. The lowest BCUT2D eigenvalue weighted by atomic mass is 9.98. The molecule has 0 bridgehead atoms. The molecular weight excluding hydrogens is 545 g/mol. The number of benzene rings is 2. The number of nitrogens with two attached hydrogens (primary N) is 1. The normalized spacial score (nSPS) is 15.0. The van der Waals surface area contributed by atoms with E-state index in [4.69, 9.17) is 5.73 Å². The number of nitrogen functional groups attached to an aromatic ring is 1. The highest BCUT2D eigenvalue weighted by atomic mass is 32.2. The Morgan fingerprint density at radius 3 is 2.51 bits per heavy atom. The molecule has 0 unspecified atom stereocenters. The number of carbonyl (C=O) groups is 2. The summed E-state index contributed by atoms with van der Waals surface area (Å²) in [6.07, 6.45) is 4.54. The topological polar surface area (TPSA) is 134 Å². The third-order valence-corrected chi connectivity index (χ3v) is 8.73. The van der Waals surface area contributed by atoms with Crippen LogP contribution in [-0.2, 0) is 26.0 Å². The zero-order chi connectivity index (χ0) is 29.6. The van der Waals surface area contributed by atoms with Crippen LogP contribution in [0.4, 0.5) is 15.8 Å². The molecule has 0 spiro atoms. The first kappa shape index (κ1) is 30.1. The Kier molecular flexibility index (Phi) is 9.72. The van der Waals surface area contributed by atoms with E-state index in [2.05, 4.69) is 21.9 Å². The smallest absolute Gasteiger partial charge is 0.243 e. The first-order valence-electron chi connectivity index (χ1n) is 13.7. The van der Waals surface area contributed by atoms with Crippen LogP contribution in [0.3, 0.4) is 0 Å². The number of halogens is 1. The summed E-state index contributed by atoms with van der Waals surface area (Å²) in [6.45, 7) is 4.52. The zero-order valence-corrected chi connectivity index (χ0v) is 24.1. The van der Waals surface area contributed by atoms with Gasteiger partial charge in [0.2, 0.25) is 21.8 Å². The summed E-state index contributed by atoms with van der Waals surface area (Å²) in [4.78, 5) is 31.6. The van der Waals surface area contributed by atoms with Gasteiger partial charge in [-0.15, -0.1) is 0 Å². The number of hydrogen-bond donors (Lipinski definition) is 3. The summed E-state index contributed by atoms with van der Waals surface area (Å²) >= 11 is 0.